The number of imidazole rings is 1. The van der Waals surface area contributed by atoms with Gasteiger partial charge in [0, 0.05) is 38.6 Å². The van der Waals surface area contributed by atoms with Crippen molar-refractivity contribution in [2.75, 3.05) is 32.7 Å². The monoisotopic (exact) mass is 318 g/mol. The number of rotatable bonds is 4. The van der Waals surface area contributed by atoms with Crippen LogP contribution in [0.25, 0.3) is 0 Å². The predicted molar refractivity (Wildman–Crippen MR) is 95.4 cm³/mol. The maximum atomic E-state index is 4.56. The molecule has 1 spiro atoms. The van der Waals surface area contributed by atoms with E-state index in [2.05, 4.69) is 53.2 Å². The second-order valence-corrected chi connectivity index (χ2v) is 8.97. The van der Waals surface area contributed by atoms with Crippen molar-refractivity contribution < 1.29 is 0 Å². The number of aromatic nitrogens is 2. The van der Waals surface area contributed by atoms with E-state index in [4.69, 9.17) is 0 Å². The number of hydrogen-bond acceptors (Lipinski definition) is 3. The Balaban J connectivity index is 1.59. The van der Waals surface area contributed by atoms with Crippen LogP contribution >= 0.6 is 0 Å². The summed E-state index contributed by atoms with van der Waals surface area (Å²) < 4.78 is 2.28. The van der Waals surface area contributed by atoms with Gasteiger partial charge in [0.15, 0.2) is 0 Å². The maximum absolute atomic E-state index is 4.56. The zero-order valence-electron chi connectivity index (χ0n) is 15.5. The van der Waals surface area contributed by atoms with Gasteiger partial charge in [-0.25, -0.2) is 4.98 Å². The summed E-state index contributed by atoms with van der Waals surface area (Å²) in [4.78, 5) is 9.91. The molecule has 0 N–H and O–H groups in total. The van der Waals surface area contributed by atoms with Gasteiger partial charge in [0.05, 0.1) is 6.54 Å². The van der Waals surface area contributed by atoms with Crippen molar-refractivity contribution in [2.24, 2.45) is 10.8 Å². The van der Waals surface area contributed by atoms with Gasteiger partial charge in [0.1, 0.15) is 5.82 Å². The summed E-state index contributed by atoms with van der Waals surface area (Å²) >= 11 is 0. The lowest BCUT2D eigenvalue weighted by Crippen LogP contribution is -2.47. The Bertz CT molecular complexity index is 516. The van der Waals surface area contributed by atoms with Crippen LogP contribution in [0.4, 0.5) is 0 Å². The molecule has 0 aromatic carbocycles. The molecule has 2 fully saturated rings. The van der Waals surface area contributed by atoms with Gasteiger partial charge >= 0.3 is 0 Å². The van der Waals surface area contributed by atoms with Crippen LogP contribution in [-0.4, -0.2) is 52.1 Å². The highest BCUT2D eigenvalue weighted by Crippen LogP contribution is 2.40. The molecule has 0 saturated carbocycles. The fraction of sp³-hybridized carbons (Fsp3) is 0.842. The number of likely N-dealkylation sites (tertiary alicyclic amines) is 2. The molecule has 1 unspecified atom stereocenters. The summed E-state index contributed by atoms with van der Waals surface area (Å²) in [6.07, 6.45) is 8.18. The lowest BCUT2D eigenvalue weighted by molar-refractivity contribution is 0.0670. The molecule has 0 aliphatic carbocycles. The first-order valence-corrected chi connectivity index (χ1v) is 9.34. The smallest absolute Gasteiger partial charge is 0.122 e. The molecular formula is C19H34N4. The molecule has 2 saturated heterocycles. The van der Waals surface area contributed by atoms with Crippen LogP contribution in [0.5, 0.6) is 0 Å². The zero-order chi connectivity index (χ0) is 16.5. The van der Waals surface area contributed by atoms with Crippen LogP contribution in [0.2, 0.25) is 0 Å². The SMILES string of the molecule is CCn1ccnc1CN1CCC2(CCCN(CC(C)(C)C)C2)C1. The predicted octanol–water partition coefficient (Wildman–Crippen LogP) is 3.24. The molecule has 0 amide bonds. The van der Waals surface area contributed by atoms with Crippen LogP contribution in [0.3, 0.4) is 0 Å². The molecular weight excluding hydrogens is 284 g/mol. The van der Waals surface area contributed by atoms with Gasteiger partial charge in [-0.05, 0) is 50.1 Å². The summed E-state index contributed by atoms with van der Waals surface area (Å²) in [5.41, 5.74) is 0.940. The van der Waals surface area contributed by atoms with Crippen molar-refractivity contribution >= 4 is 0 Å². The van der Waals surface area contributed by atoms with E-state index in [9.17, 15) is 0 Å². The number of piperidine rings is 1. The molecule has 3 heterocycles. The lowest BCUT2D eigenvalue weighted by atomic mass is 9.78. The summed E-state index contributed by atoms with van der Waals surface area (Å²) in [6.45, 7) is 17.6. The summed E-state index contributed by atoms with van der Waals surface area (Å²) in [7, 11) is 0. The second kappa shape index (κ2) is 6.56. The summed E-state index contributed by atoms with van der Waals surface area (Å²) in [5, 5.41) is 0. The molecule has 23 heavy (non-hydrogen) atoms. The van der Waals surface area contributed by atoms with E-state index in [-0.39, 0.29) is 0 Å². The first-order chi connectivity index (χ1) is 10.9. The topological polar surface area (TPSA) is 24.3 Å². The van der Waals surface area contributed by atoms with E-state index in [1.165, 1.54) is 57.8 Å². The first kappa shape index (κ1) is 17.0. The number of nitrogens with zero attached hydrogens (tertiary/aromatic N) is 4. The highest BCUT2D eigenvalue weighted by molar-refractivity contribution is 4.99. The Morgan fingerprint density at radius 1 is 1.13 bits per heavy atom. The third-order valence-corrected chi connectivity index (χ3v) is 5.46. The minimum atomic E-state index is 0.405. The van der Waals surface area contributed by atoms with Gasteiger partial charge in [-0.15, -0.1) is 0 Å². The molecule has 2 aliphatic rings. The van der Waals surface area contributed by atoms with Crippen LogP contribution in [-0.2, 0) is 13.1 Å². The Hall–Kier alpha value is -0.870. The standard InChI is InChI=1S/C19H34N4/c1-5-23-12-9-20-17(23)13-21-11-8-19(15-21)7-6-10-22(16-19)14-18(2,3)4/h9,12H,5-8,10-11,13-16H2,1-4H3. The Morgan fingerprint density at radius 3 is 2.65 bits per heavy atom. The van der Waals surface area contributed by atoms with E-state index in [1.807, 2.05) is 6.20 Å². The third-order valence-electron chi connectivity index (χ3n) is 5.46. The van der Waals surface area contributed by atoms with E-state index < -0.39 is 0 Å². The van der Waals surface area contributed by atoms with Crippen molar-refractivity contribution in [1.82, 2.24) is 19.4 Å². The van der Waals surface area contributed by atoms with Gasteiger partial charge in [-0.1, -0.05) is 20.8 Å². The van der Waals surface area contributed by atoms with Crippen LogP contribution in [0.1, 0.15) is 52.8 Å². The number of hydrogen-bond donors (Lipinski definition) is 0. The fourth-order valence-electron chi connectivity index (χ4n) is 4.59. The normalized spacial score (nSPS) is 27.1. The Morgan fingerprint density at radius 2 is 1.91 bits per heavy atom. The lowest BCUT2D eigenvalue weighted by Gasteiger charge is -2.42. The average molecular weight is 319 g/mol. The number of aryl methyl sites for hydroxylation is 1. The first-order valence-electron chi connectivity index (χ1n) is 9.34. The molecule has 1 aromatic rings. The van der Waals surface area contributed by atoms with Gasteiger partial charge < -0.3 is 9.47 Å². The van der Waals surface area contributed by atoms with Gasteiger partial charge in [0.2, 0.25) is 0 Å². The Kier molecular flexibility index (Phi) is 4.84. The van der Waals surface area contributed by atoms with E-state index in [1.54, 1.807) is 0 Å². The Labute approximate surface area is 141 Å². The summed E-state index contributed by atoms with van der Waals surface area (Å²) in [5.74, 6) is 1.23. The molecule has 0 bridgehead atoms. The minimum absolute atomic E-state index is 0.405. The van der Waals surface area contributed by atoms with Crippen molar-refractivity contribution in [3.63, 3.8) is 0 Å². The third kappa shape index (κ3) is 4.16. The minimum Gasteiger partial charge on any atom is -0.334 e. The van der Waals surface area contributed by atoms with Crippen molar-refractivity contribution in [3.8, 4) is 0 Å². The maximum Gasteiger partial charge on any atom is 0.122 e. The van der Waals surface area contributed by atoms with Crippen LogP contribution in [0.15, 0.2) is 12.4 Å². The van der Waals surface area contributed by atoms with Crippen molar-refractivity contribution in [2.45, 2.75) is 60.0 Å². The molecule has 3 rings (SSSR count). The quantitative estimate of drug-likeness (QED) is 0.852. The van der Waals surface area contributed by atoms with E-state index in [0.717, 1.165) is 13.1 Å². The molecule has 4 nitrogen and oxygen atoms in total. The molecule has 130 valence electrons. The van der Waals surface area contributed by atoms with Gasteiger partial charge in [0.25, 0.3) is 0 Å². The van der Waals surface area contributed by atoms with Crippen LogP contribution in [0, 0.1) is 10.8 Å². The molecule has 4 heteroatoms. The van der Waals surface area contributed by atoms with Crippen LogP contribution < -0.4 is 0 Å². The van der Waals surface area contributed by atoms with Crippen molar-refractivity contribution in [1.29, 1.82) is 0 Å². The molecule has 2 aliphatic heterocycles. The average Bonchev–Trinajstić information content (AvgIpc) is 3.05. The highest BCUT2D eigenvalue weighted by Gasteiger charge is 2.41. The fourth-order valence-corrected chi connectivity index (χ4v) is 4.59. The van der Waals surface area contributed by atoms with Crippen molar-refractivity contribution in [3.05, 3.63) is 18.2 Å². The zero-order valence-corrected chi connectivity index (χ0v) is 15.5. The molecule has 0 radical (unpaired) electrons. The molecule has 1 aromatic heterocycles. The van der Waals surface area contributed by atoms with Gasteiger partial charge in [-0.3, -0.25) is 4.90 Å². The van der Waals surface area contributed by atoms with E-state index in [0.29, 0.717) is 10.8 Å². The van der Waals surface area contributed by atoms with Gasteiger partial charge in [-0.2, -0.15) is 0 Å². The summed E-state index contributed by atoms with van der Waals surface area (Å²) in [6, 6.07) is 0. The highest BCUT2D eigenvalue weighted by atomic mass is 15.2. The second-order valence-electron chi connectivity index (χ2n) is 8.97. The van der Waals surface area contributed by atoms with E-state index >= 15 is 0 Å². The molecule has 1 atom stereocenters. The largest absolute Gasteiger partial charge is 0.334 e.